The third-order valence-corrected chi connectivity index (χ3v) is 3.32. The molecule has 2 aliphatic rings. The molecule has 2 aliphatic carbocycles. The monoisotopic (exact) mass is 182 g/mol. The maximum atomic E-state index is 11.5. The number of carbonyl (C=O) groups is 1. The maximum absolute atomic E-state index is 11.5. The van der Waals surface area contributed by atoms with Crippen LogP contribution in [0.25, 0.3) is 0 Å². The topological polar surface area (TPSA) is 26.3 Å². The fraction of sp³-hybridized carbons (Fsp3) is 0.909. The van der Waals surface area contributed by atoms with Gasteiger partial charge in [0.05, 0.1) is 6.10 Å². The van der Waals surface area contributed by atoms with Crippen LogP contribution in [0.2, 0.25) is 0 Å². The lowest BCUT2D eigenvalue weighted by Gasteiger charge is -2.24. The molecule has 2 rings (SSSR count). The van der Waals surface area contributed by atoms with E-state index < -0.39 is 0 Å². The summed E-state index contributed by atoms with van der Waals surface area (Å²) in [4.78, 5) is 11.5. The summed E-state index contributed by atoms with van der Waals surface area (Å²) in [5.41, 5.74) is 0. The van der Waals surface area contributed by atoms with Gasteiger partial charge in [-0.25, -0.2) is 0 Å². The molecule has 0 atom stereocenters. The quantitative estimate of drug-likeness (QED) is 0.667. The number of hydrogen-bond acceptors (Lipinski definition) is 2. The summed E-state index contributed by atoms with van der Waals surface area (Å²) in [6.45, 7) is 0.384. The van der Waals surface area contributed by atoms with Gasteiger partial charge in [0.1, 0.15) is 6.61 Å². The van der Waals surface area contributed by atoms with Crippen LogP contribution in [0.15, 0.2) is 0 Å². The van der Waals surface area contributed by atoms with Crippen molar-refractivity contribution in [3.63, 3.8) is 0 Å². The van der Waals surface area contributed by atoms with E-state index in [2.05, 4.69) is 0 Å². The van der Waals surface area contributed by atoms with Gasteiger partial charge in [-0.1, -0.05) is 19.3 Å². The van der Waals surface area contributed by atoms with Crippen LogP contribution in [0, 0.1) is 5.92 Å². The highest BCUT2D eigenvalue weighted by Crippen LogP contribution is 2.28. The molecule has 2 fully saturated rings. The van der Waals surface area contributed by atoms with Crippen LogP contribution >= 0.6 is 0 Å². The van der Waals surface area contributed by atoms with Crippen LogP contribution in [-0.4, -0.2) is 18.5 Å². The molecule has 0 aromatic heterocycles. The molecule has 13 heavy (non-hydrogen) atoms. The summed E-state index contributed by atoms with van der Waals surface area (Å²) < 4.78 is 5.57. The molecule has 2 heteroatoms. The molecule has 74 valence electrons. The Morgan fingerprint density at radius 2 is 1.77 bits per heavy atom. The maximum Gasteiger partial charge on any atom is 0.161 e. The van der Waals surface area contributed by atoms with Crippen LogP contribution < -0.4 is 0 Å². The van der Waals surface area contributed by atoms with Crippen molar-refractivity contribution in [3.05, 3.63) is 0 Å². The van der Waals surface area contributed by atoms with Crippen molar-refractivity contribution in [3.8, 4) is 0 Å². The van der Waals surface area contributed by atoms with E-state index >= 15 is 0 Å². The van der Waals surface area contributed by atoms with Gasteiger partial charge < -0.3 is 4.74 Å². The molecule has 2 nitrogen and oxygen atoms in total. The summed E-state index contributed by atoms with van der Waals surface area (Å²) in [7, 11) is 0. The standard InChI is InChI=1S/C11H18O2/c12-11(9-4-3-5-9)8-13-10-6-1-2-7-10/h9-10H,1-8H2. The second kappa shape index (κ2) is 4.23. The zero-order valence-electron chi connectivity index (χ0n) is 8.13. The van der Waals surface area contributed by atoms with Crippen molar-refractivity contribution in [1.29, 1.82) is 0 Å². The number of ether oxygens (including phenoxy) is 1. The predicted molar refractivity (Wildman–Crippen MR) is 50.6 cm³/mol. The van der Waals surface area contributed by atoms with Gasteiger partial charge in [0.15, 0.2) is 5.78 Å². The van der Waals surface area contributed by atoms with Crippen LogP contribution in [0.3, 0.4) is 0 Å². The van der Waals surface area contributed by atoms with Crippen molar-refractivity contribution in [1.82, 2.24) is 0 Å². The summed E-state index contributed by atoms with van der Waals surface area (Å²) >= 11 is 0. The molecular weight excluding hydrogens is 164 g/mol. The minimum absolute atomic E-state index is 0.346. The zero-order chi connectivity index (χ0) is 9.10. The van der Waals surface area contributed by atoms with Gasteiger partial charge >= 0.3 is 0 Å². The molecule has 0 unspecified atom stereocenters. The first kappa shape index (κ1) is 9.20. The van der Waals surface area contributed by atoms with Gasteiger partial charge in [-0.15, -0.1) is 0 Å². The Balaban J connectivity index is 1.63. The molecule has 0 bridgehead atoms. The van der Waals surface area contributed by atoms with Crippen LogP contribution in [0.4, 0.5) is 0 Å². The molecular formula is C11H18O2. The molecule has 0 aromatic rings. The zero-order valence-corrected chi connectivity index (χ0v) is 8.13. The smallest absolute Gasteiger partial charge is 0.161 e. The highest BCUT2D eigenvalue weighted by Gasteiger charge is 2.26. The third-order valence-electron chi connectivity index (χ3n) is 3.32. The lowest BCUT2D eigenvalue weighted by Crippen LogP contribution is -2.27. The van der Waals surface area contributed by atoms with Gasteiger partial charge in [0, 0.05) is 5.92 Å². The first-order chi connectivity index (χ1) is 6.36. The van der Waals surface area contributed by atoms with E-state index in [9.17, 15) is 4.79 Å². The molecule has 0 heterocycles. The fourth-order valence-corrected chi connectivity index (χ4v) is 2.10. The normalized spacial score (nSPS) is 24.6. The van der Waals surface area contributed by atoms with E-state index in [4.69, 9.17) is 4.74 Å². The average molecular weight is 182 g/mol. The fourth-order valence-electron chi connectivity index (χ4n) is 2.10. The van der Waals surface area contributed by atoms with E-state index in [1.54, 1.807) is 0 Å². The second-order valence-electron chi connectivity index (χ2n) is 4.31. The molecule has 0 aromatic carbocycles. The van der Waals surface area contributed by atoms with Gasteiger partial charge in [-0.05, 0) is 25.7 Å². The van der Waals surface area contributed by atoms with Crippen molar-refractivity contribution in [2.75, 3.05) is 6.61 Å². The first-order valence-corrected chi connectivity index (χ1v) is 5.50. The highest BCUT2D eigenvalue weighted by atomic mass is 16.5. The summed E-state index contributed by atoms with van der Waals surface area (Å²) in [6, 6.07) is 0. The molecule has 2 saturated carbocycles. The molecule has 0 aliphatic heterocycles. The molecule has 0 saturated heterocycles. The Kier molecular flexibility index (Phi) is 2.99. The minimum atomic E-state index is 0.346. The van der Waals surface area contributed by atoms with Crippen molar-refractivity contribution in [2.24, 2.45) is 5.92 Å². The number of carbonyl (C=O) groups excluding carboxylic acids is 1. The van der Waals surface area contributed by atoms with E-state index in [1.165, 1.54) is 19.3 Å². The Hall–Kier alpha value is -0.370. The number of ketones is 1. The predicted octanol–water partition coefficient (Wildman–Crippen LogP) is 2.31. The molecule has 0 radical (unpaired) electrons. The van der Waals surface area contributed by atoms with Gasteiger partial charge in [-0.3, -0.25) is 4.79 Å². The van der Waals surface area contributed by atoms with Crippen molar-refractivity contribution < 1.29 is 9.53 Å². The van der Waals surface area contributed by atoms with E-state index in [-0.39, 0.29) is 0 Å². The Morgan fingerprint density at radius 3 is 2.31 bits per heavy atom. The highest BCUT2D eigenvalue weighted by molar-refractivity contribution is 5.82. The van der Waals surface area contributed by atoms with Gasteiger partial charge in [0.25, 0.3) is 0 Å². The van der Waals surface area contributed by atoms with Crippen molar-refractivity contribution >= 4 is 5.78 Å². The molecule has 0 N–H and O–H groups in total. The number of Topliss-reactive ketones (excluding diaryl/α,β-unsaturated/α-hetero) is 1. The van der Waals surface area contributed by atoms with Gasteiger partial charge in [-0.2, -0.15) is 0 Å². The van der Waals surface area contributed by atoms with E-state index in [0.717, 1.165) is 25.7 Å². The lowest BCUT2D eigenvalue weighted by molar-refractivity contribution is -0.131. The average Bonchev–Trinajstić information content (AvgIpc) is 2.49. The van der Waals surface area contributed by atoms with Crippen molar-refractivity contribution in [2.45, 2.75) is 51.0 Å². The minimum Gasteiger partial charge on any atom is -0.370 e. The largest absolute Gasteiger partial charge is 0.370 e. The Morgan fingerprint density at radius 1 is 1.08 bits per heavy atom. The molecule has 0 spiro atoms. The van der Waals surface area contributed by atoms with E-state index in [1.807, 2.05) is 0 Å². The molecule has 0 amide bonds. The number of rotatable bonds is 4. The summed E-state index contributed by atoms with van der Waals surface area (Å²) in [5.74, 6) is 0.694. The Bertz CT molecular complexity index is 179. The third kappa shape index (κ3) is 2.31. The van der Waals surface area contributed by atoms with Crippen LogP contribution in [0.1, 0.15) is 44.9 Å². The van der Waals surface area contributed by atoms with Crippen LogP contribution in [0.5, 0.6) is 0 Å². The summed E-state index contributed by atoms with van der Waals surface area (Å²) in [6.07, 6.45) is 8.73. The van der Waals surface area contributed by atoms with Gasteiger partial charge in [0.2, 0.25) is 0 Å². The van der Waals surface area contributed by atoms with E-state index in [0.29, 0.717) is 24.4 Å². The summed E-state index contributed by atoms with van der Waals surface area (Å²) in [5, 5.41) is 0. The first-order valence-electron chi connectivity index (χ1n) is 5.50. The van der Waals surface area contributed by atoms with Crippen LogP contribution in [-0.2, 0) is 9.53 Å². The SMILES string of the molecule is O=C(COC1CCCC1)C1CCC1. The second-order valence-corrected chi connectivity index (χ2v) is 4.31. The lowest BCUT2D eigenvalue weighted by atomic mass is 9.82. The number of hydrogen-bond donors (Lipinski definition) is 0. The Labute approximate surface area is 79.7 Å².